The highest BCUT2D eigenvalue weighted by atomic mass is 19.4. The van der Waals surface area contributed by atoms with Gasteiger partial charge in [-0.15, -0.1) is 0 Å². The van der Waals surface area contributed by atoms with E-state index in [4.69, 9.17) is 4.74 Å². The number of aromatic amines is 1. The molecule has 3 aromatic rings. The van der Waals surface area contributed by atoms with E-state index in [2.05, 4.69) is 20.4 Å². The number of fused-ring (bicyclic) bond motifs is 1. The highest BCUT2D eigenvalue weighted by Crippen LogP contribution is 2.29. The third-order valence-corrected chi connectivity index (χ3v) is 8.74. The number of benzene rings is 2. The number of ether oxygens (including phenoxy) is 2. The molecule has 1 aliphatic rings. The Morgan fingerprint density at radius 1 is 1.10 bits per heavy atom. The highest BCUT2D eigenvalue weighted by molar-refractivity contribution is 5.91. The van der Waals surface area contributed by atoms with E-state index < -0.39 is 24.4 Å². The molecule has 278 valence electrons. The van der Waals surface area contributed by atoms with Gasteiger partial charge in [0.05, 0.1) is 18.7 Å². The topological polar surface area (TPSA) is 174 Å². The Labute approximate surface area is 292 Å². The Kier molecular flexibility index (Phi) is 13.8. The average Bonchev–Trinajstić information content (AvgIpc) is 3.09. The number of pyridine rings is 1. The Balaban J connectivity index is 1.15. The standard InChI is InChI=1S/C35H44F3N5O8/c1-42(32(48)14-19-43-17-12-24(13-18-43)51-34(49)35(36,37)38)16-3-4-30(46)40-23-5-9-29(50-2)22(20-23)11-15-39-21-28(45)25-6-8-27(44)33-26(25)7-10-31(47)41-33/h5-10,20,24,28,39,44-45H,3-4,11-19,21H2,1-2H3,(H,40,46)(H,41,47)/t28-/m0/s1. The van der Waals surface area contributed by atoms with Gasteiger partial charge in [-0.3, -0.25) is 14.4 Å². The van der Waals surface area contributed by atoms with Crippen LogP contribution in [0, 0.1) is 0 Å². The number of aromatic nitrogens is 1. The third kappa shape index (κ3) is 11.4. The Hall–Kier alpha value is -4.67. The lowest BCUT2D eigenvalue weighted by atomic mass is 10.0. The van der Waals surface area contributed by atoms with Crippen LogP contribution in [0.15, 0.2) is 47.3 Å². The smallest absolute Gasteiger partial charge is 0.490 e. The highest BCUT2D eigenvalue weighted by Gasteiger charge is 2.42. The molecular weight excluding hydrogens is 675 g/mol. The number of hydrogen-bond donors (Lipinski definition) is 5. The average molecular weight is 720 g/mol. The first-order valence-electron chi connectivity index (χ1n) is 16.7. The number of phenols is 1. The number of H-pyrrole nitrogens is 1. The summed E-state index contributed by atoms with van der Waals surface area (Å²) in [5.74, 6) is -1.96. The number of esters is 1. The fraction of sp³-hybridized carbons (Fsp3) is 0.486. The van der Waals surface area contributed by atoms with Crippen molar-refractivity contribution < 1.29 is 47.2 Å². The number of rotatable bonds is 16. The van der Waals surface area contributed by atoms with Gasteiger partial charge in [0.25, 0.3) is 0 Å². The second kappa shape index (κ2) is 18.0. The second-order valence-corrected chi connectivity index (χ2v) is 12.4. The minimum atomic E-state index is -5.01. The van der Waals surface area contributed by atoms with Crippen molar-refractivity contribution in [2.24, 2.45) is 0 Å². The zero-order valence-electron chi connectivity index (χ0n) is 28.6. The predicted octanol–water partition coefficient (Wildman–Crippen LogP) is 3.25. The molecule has 5 N–H and O–H groups in total. The summed E-state index contributed by atoms with van der Waals surface area (Å²) in [5, 5.41) is 27.5. The summed E-state index contributed by atoms with van der Waals surface area (Å²) in [4.78, 5) is 54.1. The van der Waals surface area contributed by atoms with Crippen LogP contribution in [-0.4, -0.2) is 108 Å². The van der Waals surface area contributed by atoms with Crippen molar-refractivity contribution in [3.8, 4) is 11.5 Å². The molecule has 1 fully saturated rings. The summed E-state index contributed by atoms with van der Waals surface area (Å²) in [6, 6.07) is 11.2. The number of alkyl halides is 3. The number of phenolic OH excluding ortho intramolecular Hbond substituents is 1. The zero-order valence-corrected chi connectivity index (χ0v) is 28.6. The maximum Gasteiger partial charge on any atom is 0.490 e. The second-order valence-electron chi connectivity index (χ2n) is 12.4. The van der Waals surface area contributed by atoms with Crippen LogP contribution in [0.5, 0.6) is 11.5 Å². The fourth-order valence-electron chi connectivity index (χ4n) is 5.91. The van der Waals surface area contributed by atoms with Gasteiger partial charge >= 0.3 is 12.1 Å². The molecule has 2 amide bonds. The van der Waals surface area contributed by atoms with Gasteiger partial charge in [0, 0.05) is 69.8 Å². The molecule has 0 spiro atoms. The normalized spacial score (nSPS) is 14.6. The number of likely N-dealkylation sites (tertiary alicyclic amines) is 1. The summed E-state index contributed by atoms with van der Waals surface area (Å²) >= 11 is 0. The number of hydrogen-bond acceptors (Lipinski definition) is 10. The molecular formula is C35H44F3N5O8. The number of halogens is 3. The molecule has 4 rings (SSSR count). The molecule has 0 bridgehead atoms. The first-order chi connectivity index (χ1) is 24.2. The number of carbonyl (C=O) groups is 3. The molecule has 51 heavy (non-hydrogen) atoms. The van der Waals surface area contributed by atoms with Crippen LogP contribution in [0.25, 0.3) is 10.9 Å². The number of piperidine rings is 1. The van der Waals surface area contributed by atoms with Crippen LogP contribution in [0.1, 0.15) is 49.3 Å². The molecule has 0 aliphatic carbocycles. The van der Waals surface area contributed by atoms with Crippen LogP contribution in [-0.2, 0) is 25.5 Å². The maximum absolute atomic E-state index is 12.7. The summed E-state index contributed by atoms with van der Waals surface area (Å²) in [7, 11) is 3.20. The quantitative estimate of drug-likeness (QED) is 0.109. The molecule has 2 aromatic carbocycles. The molecule has 0 saturated carbocycles. The van der Waals surface area contributed by atoms with Gasteiger partial charge in [-0.2, -0.15) is 13.2 Å². The van der Waals surface area contributed by atoms with E-state index in [1.54, 1.807) is 43.3 Å². The summed E-state index contributed by atoms with van der Waals surface area (Å²) in [6.07, 6.45) is -4.81. The van der Waals surface area contributed by atoms with Crippen molar-refractivity contribution in [2.75, 3.05) is 58.7 Å². The van der Waals surface area contributed by atoms with Gasteiger partial charge in [0.2, 0.25) is 17.4 Å². The van der Waals surface area contributed by atoms with E-state index in [-0.39, 0.29) is 60.9 Å². The fourth-order valence-corrected chi connectivity index (χ4v) is 5.91. The lowest BCUT2D eigenvalue weighted by molar-refractivity contribution is -0.206. The van der Waals surface area contributed by atoms with E-state index in [0.29, 0.717) is 68.0 Å². The van der Waals surface area contributed by atoms with Gasteiger partial charge in [0.1, 0.15) is 17.6 Å². The SMILES string of the molecule is COc1ccc(NC(=O)CCCN(C)C(=O)CCN2CCC(OC(=O)C(F)(F)F)CC2)cc1CCNC[C@H](O)c1ccc(O)c2[nH]c(=O)ccc12. The van der Waals surface area contributed by atoms with Crippen LogP contribution < -0.4 is 20.9 Å². The first-order valence-corrected chi connectivity index (χ1v) is 16.7. The number of anilines is 1. The van der Waals surface area contributed by atoms with Crippen molar-refractivity contribution in [1.82, 2.24) is 20.1 Å². The number of aliphatic hydroxyl groups is 1. The van der Waals surface area contributed by atoms with E-state index in [0.717, 1.165) is 5.56 Å². The van der Waals surface area contributed by atoms with Crippen LogP contribution >= 0.6 is 0 Å². The van der Waals surface area contributed by atoms with E-state index in [1.165, 1.54) is 12.1 Å². The third-order valence-electron chi connectivity index (χ3n) is 8.74. The van der Waals surface area contributed by atoms with Gasteiger partial charge in [-0.05, 0) is 73.7 Å². The molecule has 16 heteroatoms. The van der Waals surface area contributed by atoms with Gasteiger partial charge in [-0.25, -0.2) is 4.79 Å². The molecule has 1 aromatic heterocycles. The monoisotopic (exact) mass is 719 g/mol. The largest absolute Gasteiger partial charge is 0.506 e. The van der Waals surface area contributed by atoms with E-state index >= 15 is 0 Å². The Bertz CT molecular complexity index is 1730. The molecule has 1 aliphatic heterocycles. The van der Waals surface area contributed by atoms with E-state index in [1.807, 2.05) is 11.0 Å². The first kappa shape index (κ1) is 39.1. The van der Waals surface area contributed by atoms with Crippen LogP contribution in [0.4, 0.5) is 18.9 Å². The number of nitrogens with one attached hydrogen (secondary N) is 3. The maximum atomic E-state index is 12.7. The van der Waals surface area contributed by atoms with E-state index in [9.17, 15) is 42.6 Å². The van der Waals surface area contributed by atoms with Crippen molar-refractivity contribution in [1.29, 1.82) is 0 Å². The zero-order chi connectivity index (χ0) is 37.1. The van der Waals surface area contributed by atoms with Crippen molar-refractivity contribution in [3.63, 3.8) is 0 Å². The van der Waals surface area contributed by atoms with Crippen LogP contribution in [0.3, 0.4) is 0 Å². The predicted molar refractivity (Wildman–Crippen MR) is 182 cm³/mol. The van der Waals surface area contributed by atoms with Crippen LogP contribution in [0.2, 0.25) is 0 Å². The van der Waals surface area contributed by atoms with Crippen molar-refractivity contribution >= 4 is 34.4 Å². The summed E-state index contributed by atoms with van der Waals surface area (Å²) in [5.41, 5.74) is 1.87. The van der Waals surface area contributed by atoms with Gasteiger partial charge < -0.3 is 45.1 Å². The lowest BCUT2D eigenvalue weighted by Gasteiger charge is -2.31. The molecule has 1 saturated heterocycles. The molecule has 1 atom stereocenters. The number of aromatic hydroxyl groups is 1. The number of aliphatic hydroxyl groups excluding tert-OH is 1. The molecule has 0 radical (unpaired) electrons. The minimum absolute atomic E-state index is 0.0853. The lowest BCUT2D eigenvalue weighted by Crippen LogP contribution is -2.41. The van der Waals surface area contributed by atoms with Gasteiger partial charge in [-0.1, -0.05) is 6.07 Å². The van der Waals surface area contributed by atoms with Gasteiger partial charge in [0.15, 0.2) is 0 Å². The summed E-state index contributed by atoms with van der Waals surface area (Å²) < 4.78 is 47.2. The number of amides is 2. The minimum Gasteiger partial charge on any atom is -0.506 e. The summed E-state index contributed by atoms with van der Waals surface area (Å²) in [6.45, 7) is 2.32. The number of methoxy groups -OCH3 is 1. The Morgan fingerprint density at radius 3 is 2.55 bits per heavy atom. The number of carbonyl (C=O) groups excluding carboxylic acids is 3. The van der Waals surface area contributed by atoms with Crippen molar-refractivity contribution in [2.45, 2.75) is 56.9 Å². The molecule has 2 heterocycles. The Morgan fingerprint density at radius 2 is 1.84 bits per heavy atom. The molecule has 13 nitrogen and oxygen atoms in total. The molecule has 0 unspecified atom stereocenters. The van der Waals surface area contributed by atoms with Crippen molar-refractivity contribution in [3.05, 3.63) is 63.9 Å². The number of nitrogens with zero attached hydrogens (tertiary/aromatic N) is 2.